The van der Waals surface area contributed by atoms with Gasteiger partial charge in [-0.15, -0.1) is 0 Å². The van der Waals surface area contributed by atoms with Crippen molar-refractivity contribution in [1.29, 1.82) is 0 Å². The predicted molar refractivity (Wildman–Crippen MR) is 126 cm³/mol. The molecule has 0 aliphatic heterocycles. The van der Waals surface area contributed by atoms with Crippen molar-refractivity contribution in [3.05, 3.63) is 35.9 Å². The number of hydrogen-bond acceptors (Lipinski definition) is 2. The molecule has 1 N–H and O–H groups in total. The maximum absolute atomic E-state index is 10.0. The van der Waals surface area contributed by atoms with E-state index < -0.39 is 0 Å². The second-order valence-electron chi connectivity index (χ2n) is 8.75. The maximum atomic E-state index is 10.0. The van der Waals surface area contributed by atoms with Crippen LogP contribution in [0.4, 0.5) is 0 Å². The highest BCUT2D eigenvalue weighted by Gasteiger charge is 2.04. The Bertz CT molecular complexity index is 431. The number of rotatable bonds is 21. The van der Waals surface area contributed by atoms with Crippen molar-refractivity contribution in [2.75, 3.05) is 6.61 Å². The van der Waals surface area contributed by atoms with Gasteiger partial charge in [0.25, 0.3) is 0 Å². The molecule has 1 atom stereocenters. The summed E-state index contributed by atoms with van der Waals surface area (Å²) in [4.78, 5) is 0. The highest BCUT2D eigenvalue weighted by molar-refractivity contribution is 5.13. The fourth-order valence-electron chi connectivity index (χ4n) is 3.90. The lowest BCUT2D eigenvalue weighted by Gasteiger charge is -2.11. The smallest absolute Gasteiger partial charge is 0.0773 e. The largest absolute Gasteiger partial charge is 0.391 e. The van der Waals surface area contributed by atoms with E-state index in [1.807, 2.05) is 18.2 Å². The minimum atomic E-state index is -0.314. The summed E-state index contributed by atoms with van der Waals surface area (Å²) in [6.07, 6.45) is 22.7. The van der Waals surface area contributed by atoms with E-state index in [1.165, 1.54) is 102 Å². The number of unbranched alkanes of at least 4 members (excludes halogenated alkanes) is 15. The zero-order valence-corrected chi connectivity index (χ0v) is 19.3. The second-order valence-corrected chi connectivity index (χ2v) is 8.75. The Morgan fingerprint density at radius 2 is 1.10 bits per heavy atom. The van der Waals surface area contributed by atoms with Gasteiger partial charge in [0.15, 0.2) is 0 Å². The van der Waals surface area contributed by atoms with Crippen LogP contribution in [0.5, 0.6) is 0 Å². The number of benzene rings is 1. The lowest BCUT2D eigenvalue weighted by molar-refractivity contribution is 0.0233. The number of ether oxygens (including phenoxy) is 1. The Morgan fingerprint density at radius 1 is 0.655 bits per heavy atom. The summed E-state index contributed by atoms with van der Waals surface area (Å²) in [5.74, 6) is 0. The average Bonchev–Trinajstić information content (AvgIpc) is 2.74. The van der Waals surface area contributed by atoms with E-state index in [0.29, 0.717) is 13.2 Å². The third-order valence-corrected chi connectivity index (χ3v) is 5.81. The summed E-state index contributed by atoms with van der Waals surface area (Å²) in [6, 6.07) is 10.2. The molecule has 1 rings (SSSR count). The van der Waals surface area contributed by atoms with Crippen LogP contribution in [0.2, 0.25) is 0 Å². The van der Waals surface area contributed by atoms with E-state index in [4.69, 9.17) is 4.74 Å². The molecule has 0 heterocycles. The number of hydrogen-bond donors (Lipinski definition) is 1. The van der Waals surface area contributed by atoms with Gasteiger partial charge in [-0.25, -0.2) is 0 Å². The molecular weight excluding hydrogens is 356 g/mol. The van der Waals surface area contributed by atoms with Crippen molar-refractivity contribution < 1.29 is 9.84 Å². The summed E-state index contributed by atoms with van der Waals surface area (Å²) < 4.78 is 5.61. The molecule has 0 aliphatic carbocycles. The quantitative estimate of drug-likeness (QED) is 0.209. The molecule has 1 aromatic rings. The van der Waals surface area contributed by atoms with Crippen molar-refractivity contribution in [3.63, 3.8) is 0 Å². The lowest BCUT2D eigenvalue weighted by atomic mass is 10.0. The van der Waals surface area contributed by atoms with Gasteiger partial charge >= 0.3 is 0 Å². The molecule has 0 fully saturated rings. The summed E-state index contributed by atoms with van der Waals surface area (Å²) in [5, 5.41) is 10.0. The Hall–Kier alpha value is -0.860. The van der Waals surface area contributed by atoms with E-state index in [0.717, 1.165) is 12.8 Å². The SMILES string of the molecule is CCCCCCCCCCCCCCCCCC[C@@H](O)COCc1ccccc1. The number of aliphatic hydroxyl groups is 1. The molecule has 0 unspecified atom stereocenters. The predicted octanol–water partition coefficient (Wildman–Crippen LogP) is 8.22. The third kappa shape index (κ3) is 17.7. The molecule has 2 heteroatoms. The standard InChI is InChI=1S/C27H48O2/c1-2-3-4-5-6-7-8-9-10-11-12-13-14-15-16-20-23-27(28)25-29-24-26-21-18-17-19-22-26/h17-19,21-22,27-28H,2-16,20,23-25H2,1H3/t27-/m1/s1. The van der Waals surface area contributed by atoms with Crippen molar-refractivity contribution in [2.24, 2.45) is 0 Å². The number of aliphatic hydroxyl groups excluding tert-OH is 1. The van der Waals surface area contributed by atoms with E-state index >= 15 is 0 Å². The molecule has 0 amide bonds. The van der Waals surface area contributed by atoms with Crippen LogP contribution < -0.4 is 0 Å². The van der Waals surface area contributed by atoms with Crippen LogP contribution in [-0.4, -0.2) is 17.8 Å². The highest BCUT2D eigenvalue weighted by atomic mass is 16.5. The van der Waals surface area contributed by atoms with Crippen LogP contribution in [0.3, 0.4) is 0 Å². The average molecular weight is 405 g/mol. The van der Waals surface area contributed by atoms with Gasteiger partial charge in [-0.1, -0.05) is 140 Å². The molecule has 0 saturated carbocycles. The molecule has 1 aromatic carbocycles. The molecule has 168 valence electrons. The van der Waals surface area contributed by atoms with Crippen molar-refractivity contribution in [1.82, 2.24) is 0 Å². The Morgan fingerprint density at radius 3 is 1.59 bits per heavy atom. The first-order valence-corrected chi connectivity index (χ1v) is 12.6. The van der Waals surface area contributed by atoms with E-state index in [1.54, 1.807) is 0 Å². The van der Waals surface area contributed by atoms with Gasteiger partial charge in [0, 0.05) is 0 Å². The monoisotopic (exact) mass is 404 g/mol. The molecule has 0 aliphatic rings. The van der Waals surface area contributed by atoms with Gasteiger partial charge in [0.1, 0.15) is 0 Å². The molecule has 0 aromatic heterocycles. The first kappa shape index (κ1) is 26.2. The first-order valence-electron chi connectivity index (χ1n) is 12.6. The van der Waals surface area contributed by atoms with Gasteiger partial charge in [0.05, 0.1) is 19.3 Å². The van der Waals surface area contributed by atoms with Crippen LogP contribution in [-0.2, 0) is 11.3 Å². The fraction of sp³-hybridized carbons (Fsp3) is 0.778. The molecule has 0 radical (unpaired) electrons. The second kappa shape index (κ2) is 20.4. The molecule has 29 heavy (non-hydrogen) atoms. The Kier molecular flexibility index (Phi) is 18.4. The van der Waals surface area contributed by atoms with Gasteiger partial charge in [-0.3, -0.25) is 0 Å². The molecule has 2 nitrogen and oxygen atoms in total. The zero-order chi connectivity index (χ0) is 20.8. The maximum Gasteiger partial charge on any atom is 0.0773 e. The normalized spacial score (nSPS) is 12.3. The summed E-state index contributed by atoms with van der Waals surface area (Å²) in [7, 11) is 0. The molecular formula is C27H48O2. The van der Waals surface area contributed by atoms with Gasteiger partial charge in [-0.05, 0) is 12.0 Å². The summed E-state index contributed by atoms with van der Waals surface area (Å²) >= 11 is 0. The topological polar surface area (TPSA) is 29.5 Å². The van der Waals surface area contributed by atoms with Gasteiger partial charge in [-0.2, -0.15) is 0 Å². The van der Waals surface area contributed by atoms with E-state index in [9.17, 15) is 5.11 Å². The van der Waals surface area contributed by atoms with E-state index in [-0.39, 0.29) is 6.10 Å². The Labute approximate surface area is 181 Å². The zero-order valence-electron chi connectivity index (χ0n) is 19.3. The van der Waals surface area contributed by atoms with Crippen molar-refractivity contribution >= 4 is 0 Å². The van der Waals surface area contributed by atoms with Gasteiger partial charge < -0.3 is 9.84 Å². The van der Waals surface area contributed by atoms with Crippen LogP contribution in [0.1, 0.15) is 122 Å². The first-order chi connectivity index (χ1) is 14.3. The van der Waals surface area contributed by atoms with Crippen molar-refractivity contribution in [3.8, 4) is 0 Å². The van der Waals surface area contributed by atoms with Crippen molar-refractivity contribution in [2.45, 2.75) is 129 Å². The van der Waals surface area contributed by atoms with Gasteiger partial charge in [0.2, 0.25) is 0 Å². The Balaban J connectivity index is 1.74. The van der Waals surface area contributed by atoms with Crippen LogP contribution in [0.25, 0.3) is 0 Å². The third-order valence-electron chi connectivity index (χ3n) is 5.81. The minimum absolute atomic E-state index is 0.314. The highest BCUT2D eigenvalue weighted by Crippen LogP contribution is 2.14. The fourth-order valence-corrected chi connectivity index (χ4v) is 3.90. The molecule has 0 bridgehead atoms. The van der Waals surface area contributed by atoms with Crippen LogP contribution >= 0.6 is 0 Å². The summed E-state index contributed by atoms with van der Waals surface area (Å²) in [6.45, 7) is 3.33. The van der Waals surface area contributed by atoms with Crippen LogP contribution in [0.15, 0.2) is 30.3 Å². The molecule has 0 spiro atoms. The van der Waals surface area contributed by atoms with Crippen LogP contribution in [0, 0.1) is 0 Å². The van der Waals surface area contributed by atoms with E-state index in [2.05, 4.69) is 19.1 Å². The summed E-state index contributed by atoms with van der Waals surface area (Å²) in [5.41, 5.74) is 1.17. The molecule has 0 saturated heterocycles. The minimum Gasteiger partial charge on any atom is -0.391 e. The lowest BCUT2D eigenvalue weighted by Crippen LogP contribution is -2.15.